The Labute approximate surface area is 147 Å². The van der Waals surface area contributed by atoms with Crippen molar-refractivity contribution in [2.45, 2.75) is 32.2 Å². The molecule has 0 spiro atoms. The summed E-state index contributed by atoms with van der Waals surface area (Å²) in [6.45, 7) is 2.83. The van der Waals surface area contributed by atoms with E-state index in [9.17, 15) is 9.59 Å². The molecule has 1 aliphatic heterocycles. The molecule has 4 heteroatoms. The maximum atomic E-state index is 12.6. The van der Waals surface area contributed by atoms with Gasteiger partial charge >= 0.3 is 5.97 Å². The third kappa shape index (κ3) is 2.93. The summed E-state index contributed by atoms with van der Waals surface area (Å²) in [4.78, 5) is 26.6. The van der Waals surface area contributed by atoms with Crippen LogP contribution in [0.15, 0.2) is 48.5 Å². The average Bonchev–Trinajstić information content (AvgIpc) is 3.40. The summed E-state index contributed by atoms with van der Waals surface area (Å²) < 4.78 is 5.25. The number of amides is 1. The number of fused-ring (bicyclic) bond motifs is 1. The van der Waals surface area contributed by atoms with E-state index in [0.29, 0.717) is 19.1 Å². The Hall–Kier alpha value is -2.62. The number of ether oxygens (including phenoxy) is 1. The smallest absolute Gasteiger partial charge is 0.313 e. The van der Waals surface area contributed by atoms with Gasteiger partial charge in [0.1, 0.15) is 0 Å². The SMILES string of the molecule is CCOC(=O)C(c1ccc(N2Cc3ccccc3C2=O)cc1)C1CC1. The Kier molecular flexibility index (Phi) is 4.04. The molecule has 0 N–H and O–H groups in total. The zero-order valence-electron chi connectivity index (χ0n) is 14.3. The van der Waals surface area contributed by atoms with Crippen LogP contribution in [0.3, 0.4) is 0 Å². The number of rotatable bonds is 5. The van der Waals surface area contributed by atoms with Crippen LogP contribution in [0.4, 0.5) is 5.69 Å². The summed E-state index contributed by atoms with van der Waals surface area (Å²) in [5.41, 5.74) is 3.67. The Morgan fingerprint density at radius 2 is 1.88 bits per heavy atom. The fourth-order valence-corrected chi connectivity index (χ4v) is 3.59. The molecule has 4 rings (SSSR count). The van der Waals surface area contributed by atoms with Gasteiger partial charge in [-0.3, -0.25) is 9.59 Å². The third-order valence-corrected chi connectivity index (χ3v) is 5.02. The zero-order chi connectivity index (χ0) is 17.4. The number of anilines is 1. The first kappa shape index (κ1) is 15.9. The van der Waals surface area contributed by atoms with E-state index < -0.39 is 0 Å². The normalized spacial score (nSPS) is 17.3. The van der Waals surface area contributed by atoms with Crippen LogP contribution >= 0.6 is 0 Å². The number of hydrogen-bond donors (Lipinski definition) is 0. The van der Waals surface area contributed by atoms with Gasteiger partial charge in [0.15, 0.2) is 0 Å². The van der Waals surface area contributed by atoms with Gasteiger partial charge < -0.3 is 9.64 Å². The average molecular weight is 335 g/mol. The van der Waals surface area contributed by atoms with E-state index in [2.05, 4.69) is 0 Å². The number of carbonyl (C=O) groups excluding carboxylic acids is 2. The lowest BCUT2D eigenvalue weighted by molar-refractivity contribution is -0.145. The predicted octanol–water partition coefficient (Wildman–Crippen LogP) is 3.90. The molecule has 1 amide bonds. The summed E-state index contributed by atoms with van der Waals surface area (Å²) in [6, 6.07) is 15.5. The lowest BCUT2D eigenvalue weighted by Crippen LogP contribution is -2.23. The first-order valence-electron chi connectivity index (χ1n) is 8.85. The van der Waals surface area contributed by atoms with Gasteiger partial charge in [-0.2, -0.15) is 0 Å². The van der Waals surface area contributed by atoms with Crippen LogP contribution < -0.4 is 4.90 Å². The largest absolute Gasteiger partial charge is 0.466 e. The highest BCUT2D eigenvalue weighted by Gasteiger charge is 2.38. The van der Waals surface area contributed by atoms with Crippen LogP contribution in [0, 0.1) is 5.92 Å². The highest BCUT2D eigenvalue weighted by molar-refractivity contribution is 6.10. The standard InChI is InChI=1S/C21H21NO3/c1-2-25-21(24)19(14-7-8-14)15-9-11-17(12-10-15)22-13-16-5-3-4-6-18(16)20(22)23/h3-6,9-12,14,19H,2,7-8,13H2,1H3. The zero-order valence-corrected chi connectivity index (χ0v) is 14.3. The maximum absolute atomic E-state index is 12.6. The van der Waals surface area contributed by atoms with Crippen molar-refractivity contribution in [2.24, 2.45) is 5.92 Å². The molecule has 1 saturated carbocycles. The second kappa shape index (κ2) is 6.36. The second-order valence-electron chi connectivity index (χ2n) is 6.71. The van der Waals surface area contributed by atoms with Crippen LogP contribution in [-0.2, 0) is 16.1 Å². The number of esters is 1. The van der Waals surface area contributed by atoms with Crippen LogP contribution in [0.5, 0.6) is 0 Å². The van der Waals surface area contributed by atoms with E-state index >= 15 is 0 Å². The van der Waals surface area contributed by atoms with Crippen LogP contribution in [-0.4, -0.2) is 18.5 Å². The van der Waals surface area contributed by atoms with Crippen molar-refractivity contribution in [3.63, 3.8) is 0 Å². The van der Waals surface area contributed by atoms with E-state index in [-0.39, 0.29) is 17.8 Å². The van der Waals surface area contributed by atoms with Crippen molar-refractivity contribution in [3.8, 4) is 0 Å². The molecule has 128 valence electrons. The molecular weight excluding hydrogens is 314 g/mol. The minimum Gasteiger partial charge on any atom is -0.466 e. The Bertz CT molecular complexity index is 808. The molecule has 2 aliphatic rings. The molecule has 4 nitrogen and oxygen atoms in total. The minimum absolute atomic E-state index is 0.0347. The number of nitrogens with zero attached hydrogens (tertiary/aromatic N) is 1. The molecule has 25 heavy (non-hydrogen) atoms. The summed E-state index contributed by atoms with van der Waals surface area (Å²) in [5.74, 6) is 0.109. The van der Waals surface area contributed by atoms with Gasteiger partial charge in [0.25, 0.3) is 5.91 Å². The molecule has 1 unspecified atom stereocenters. The fourth-order valence-electron chi connectivity index (χ4n) is 3.59. The molecule has 0 radical (unpaired) electrons. The quantitative estimate of drug-likeness (QED) is 0.779. The van der Waals surface area contributed by atoms with E-state index in [4.69, 9.17) is 4.74 Å². The van der Waals surface area contributed by atoms with Crippen molar-refractivity contribution in [1.82, 2.24) is 0 Å². The molecule has 1 atom stereocenters. The van der Waals surface area contributed by atoms with Crippen LogP contribution in [0.2, 0.25) is 0 Å². The fraction of sp³-hybridized carbons (Fsp3) is 0.333. The van der Waals surface area contributed by atoms with Gasteiger partial charge in [-0.25, -0.2) is 0 Å². The maximum Gasteiger partial charge on any atom is 0.313 e. The number of benzene rings is 2. The van der Waals surface area contributed by atoms with Crippen LogP contribution in [0.1, 0.15) is 47.2 Å². The summed E-state index contributed by atoms with van der Waals surface area (Å²) >= 11 is 0. The highest BCUT2D eigenvalue weighted by atomic mass is 16.5. The molecule has 0 aromatic heterocycles. The monoisotopic (exact) mass is 335 g/mol. The van der Waals surface area contributed by atoms with E-state index in [1.54, 1.807) is 4.90 Å². The van der Waals surface area contributed by atoms with Gasteiger partial charge in [-0.05, 0) is 55.0 Å². The lowest BCUT2D eigenvalue weighted by atomic mass is 9.94. The Morgan fingerprint density at radius 3 is 2.52 bits per heavy atom. The topological polar surface area (TPSA) is 46.6 Å². The summed E-state index contributed by atoms with van der Waals surface area (Å²) in [7, 11) is 0. The van der Waals surface area contributed by atoms with Crippen molar-refractivity contribution < 1.29 is 14.3 Å². The van der Waals surface area contributed by atoms with Crippen molar-refractivity contribution in [3.05, 3.63) is 65.2 Å². The molecule has 1 fully saturated rings. The third-order valence-electron chi connectivity index (χ3n) is 5.02. The summed E-state index contributed by atoms with van der Waals surface area (Å²) in [5, 5.41) is 0. The Morgan fingerprint density at radius 1 is 1.16 bits per heavy atom. The molecule has 1 aliphatic carbocycles. The molecular formula is C21H21NO3. The molecule has 2 aromatic carbocycles. The predicted molar refractivity (Wildman–Crippen MR) is 95.5 cm³/mol. The van der Waals surface area contributed by atoms with Gasteiger partial charge in [0, 0.05) is 11.3 Å². The molecule has 2 aromatic rings. The van der Waals surface area contributed by atoms with E-state index in [1.807, 2.05) is 55.5 Å². The second-order valence-corrected chi connectivity index (χ2v) is 6.71. The first-order valence-corrected chi connectivity index (χ1v) is 8.85. The van der Waals surface area contributed by atoms with Gasteiger partial charge in [0.2, 0.25) is 0 Å². The lowest BCUT2D eigenvalue weighted by Gasteiger charge is -2.19. The van der Waals surface area contributed by atoms with Crippen LogP contribution in [0.25, 0.3) is 0 Å². The number of carbonyl (C=O) groups is 2. The van der Waals surface area contributed by atoms with E-state index in [1.165, 1.54) is 0 Å². The van der Waals surface area contributed by atoms with Gasteiger partial charge in [-0.1, -0.05) is 30.3 Å². The number of hydrogen-bond acceptors (Lipinski definition) is 3. The molecule has 1 heterocycles. The minimum atomic E-state index is -0.180. The summed E-state index contributed by atoms with van der Waals surface area (Å²) in [6.07, 6.45) is 2.15. The Balaban J connectivity index is 1.56. The first-order chi connectivity index (χ1) is 12.2. The van der Waals surface area contributed by atoms with Crippen molar-refractivity contribution in [1.29, 1.82) is 0 Å². The highest BCUT2D eigenvalue weighted by Crippen LogP contribution is 2.43. The molecule has 0 bridgehead atoms. The van der Waals surface area contributed by atoms with Gasteiger partial charge in [0.05, 0.1) is 19.1 Å². The van der Waals surface area contributed by atoms with Crippen molar-refractivity contribution >= 4 is 17.6 Å². The van der Waals surface area contributed by atoms with Crippen molar-refractivity contribution in [2.75, 3.05) is 11.5 Å². The van der Waals surface area contributed by atoms with Gasteiger partial charge in [-0.15, -0.1) is 0 Å². The molecule has 0 saturated heterocycles. The van der Waals surface area contributed by atoms with E-state index in [0.717, 1.165) is 35.2 Å².